The highest BCUT2D eigenvalue weighted by Gasteiger charge is 2.39. The van der Waals surface area contributed by atoms with Crippen LogP contribution in [-0.4, -0.2) is 37.6 Å². The first kappa shape index (κ1) is 15.8. The molecule has 2 aliphatic rings. The van der Waals surface area contributed by atoms with E-state index in [0.29, 0.717) is 24.4 Å². The summed E-state index contributed by atoms with van der Waals surface area (Å²) in [7, 11) is -3.69. The SMILES string of the molecule is O=C(Nc1ccccc1)[C@@H]1CCCN1C1=NS(=O)(=O)c2ccccc21. The van der Waals surface area contributed by atoms with Crippen molar-refractivity contribution in [3.05, 3.63) is 60.2 Å². The molecule has 1 N–H and O–H groups in total. The quantitative estimate of drug-likeness (QED) is 0.896. The first-order valence-corrected chi connectivity index (χ1v) is 9.57. The minimum absolute atomic E-state index is 0.145. The summed E-state index contributed by atoms with van der Waals surface area (Å²) in [5, 5.41) is 2.90. The first-order chi connectivity index (χ1) is 12.1. The van der Waals surface area contributed by atoms with Crippen LogP contribution in [0.3, 0.4) is 0 Å². The number of amides is 1. The summed E-state index contributed by atoms with van der Waals surface area (Å²) in [6.45, 7) is 0.607. The fourth-order valence-corrected chi connectivity index (χ4v) is 4.55. The van der Waals surface area contributed by atoms with E-state index in [2.05, 4.69) is 9.71 Å². The Labute approximate surface area is 146 Å². The van der Waals surface area contributed by atoms with Crippen LogP contribution in [0.15, 0.2) is 63.9 Å². The molecule has 2 heterocycles. The van der Waals surface area contributed by atoms with E-state index in [1.165, 1.54) is 0 Å². The number of likely N-dealkylation sites (tertiary alicyclic amines) is 1. The normalized spacial score (nSPS) is 20.9. The molecule has 0 aromatic heterocycles. The first-order valence-electron chi connectivity index (χ1n) is 8.13. The maximum atomic E-state index is 12.7. The summed E-state index contributed by atoms with van der Waals surface area (Å²) in [6.07, 6.45) is 1.48. The van der Waals surface area contributed by atoms with Gasteiger partial charge in [0.05, 0.1) is 0 Å². The van der Waals surface area contributed by atoms with E-state index < -0.39 is 16.1 Å². The monoisotopic (exact) mass is 355 g/mol. The van der Waals surface area contributed by atoms with Gasteiger partial charge in [0.15, 0.2) is 5.84 Å². The maximum absolute atomic E-state index is 12.7. The predicted octanol–water partition coefficient (Wildman–Crippen LogP) is 2.24. The van der Waals surface area contributed by atoms with Crippen molar-refractivity contribution in [2.24, 2.45) is 4.40 Å². The van der Waals surface area contributed by atoms with Crippen molar-refractivity contribution in [3.8, 4) is 0 Å². The van der Waals surface area contributed by atoms with Gasteiger partial charge in [-0.05, 0) is 37.1 Å². The van der Waals surface area contributed by atoms with Crippen LogP contribution in [0, 0.1) is 0 Å². The number of hydrogen-bond acceptors (Lipinski definition) is 4. The summed E-state index contributed by atoms with van der Waals surface area (Å²) in [4.78, 5) is 14.7. The topological polar surface area (TPSA) is 78.8 Å². The highest BCUT2D eigenvalue weighted by Crippen LogP contribution is 2.31. The van der Waals surface area contributed by atoms with Crippen LogP contribution in [0.4, 0.5) is 5.69 Å². The van der Waals surface area contributed by atoms with Gasteiger partial charge in [0.25, 0.3) is 10.0 Å². The molecule has 25 heavy (non-hydrogen) atoms. The summed E-state index contributed by atoms with van der Waals surface area (Å²) in [6, 6.07) is 15.6. The lowest BCUT2D eigenvalue weighted by molar-refractivity contribution is -0.119. The largest absolute Gasteiger partial charge is 0.343 e. The Bertz CT molecular complexity index is 955. The molecule has 4 rings (SSSR count). The van der Waals surface area contributed by atoms with Crippen LogP contribution in [0.2, 0.25) is 0 Å². The van der Waals surface area contributed by atoms with E-state index in [1.807, 2.05) is 35.2 Å². The van der Waals surface area contributed by atoms with Crippen molar-refractivity contribution in [2.45, 2.75) is 23.8 Å². The number of amidine groups is 1. The Morgan fingerprint density at radius 3 is 2.60 bits per heavy atom. The number of sulfonamides is 1. The highest BCUT2D eigenvalue weighted by molar-refractivity contribution is 7.90. The molecular formula is C18H17N3O3S. The number of para-hydroxylation sites is 1. The summed E-state index contributed by atoms with van der Waals surface area (Å²) in [5.41, 5.74) is 1.29. The van der Waals surface area contributed by atoms with E-state index in [4.69, 9.17) is 0 Å². The second kappa shape index (κ2) is 6.00. The van der Waals surface area contributed by atoms with Gasteiger partial charge in [-0.3, -0.25) is 4.79 Å². The van der Waals surface area contributed by atoms with E-state index in [9.17, 15) is 13.2 Å². The Kier molecular flexibility index (Phi) is 3.80. The van der Waals surface area contributed by atoms with Crippen molar-refractivity contribution in [2.75, 3.05) is 11.9 Å². The third-order valence-corrected chi connectivity index (χ3v) is 5.81. The molecule has 0 spiro atoms. The molecule has 6 nitrogen and oxygen atoms in total. The molecule has 2 aromatic rings. The van der Waals surface area contributed by atoms with Crippen molar-refractivity contribution in [1.29, 1.82) is 0 Å². The van der Waals surface area contributed by atoms with Gasteiger partial charge in [-0.2, -0.15) is 8.42 Å². The van der Waals surface area contributed by atoms with E-state index in [0.717, 1.165) is 12.1 Å². The van der Waals surface area contributed by atoms with E-state index >= 15 is 0 Å². The summed E-state index contributed by atoms with van der Waals surface area (Å²) < 4.78 is 28.5. The van der Waals surface area contributed by atoms with Crippen LogP contribution in [0.25, 0.3) is 0 Å². The molecule has 0 unspecified atom stereocenters. The van der Waals surface area contributed by atoms with E-state index in [-0.39, 0.29) is 10.8 Å². The standard InChI is InChI=1S/C18H17N3O3S/c22-18(19-13-7-2-1-3-8-13)15-10-6-12-21(15)17-14-9-4-5-11-16(14)25(23,24)20-17/h1-5,7-9,11,15H,6,10,12H2,(H,19,22)/t15-/m0/s1. The lowest BCUT2D eigenvalue weighted by atomic mass is 10.1. The molecule has 128 valence electrons. The van der Waals surface area contributed by atoms with Crippen LogP contribution in [0.1, 0.15) is 18.4 Å². The molecule has 2 aromatic carbocycles. The predicted molar refractivity (Wildman–Crippen MR) is 95.0 cm³/mol. The van der Waals surface area contributed by atoms with Crippen molar-refractivity contribution >= 4 is 27.5 Å². The van der Waals surface area contributed by atoms with Gasteiger partial charge >= 0.3 is 0 Å². The van der Waals surface area contributed by atoms with Crippen LogP contribution in [-0.2, 0) is 14.8 Å². The molecule has 2 aliphatic heterocycles. The second-order valence-corrected chi connectivity index (χ2v) is 7.67. The Balaban J connectivity index is 1.64. The van der Waals surface area contributed by atoms with Crippen molar-refractivity contribution in [3.63, 3.8) is 0 Å². The number of carbonyl (C=O) groups is 1. The van der Waals surface area contributed by atoms with Crippen LogP contribution >= 0.6 is 0 Å². The molecule has 7 heteroatoms. The number of nitrogens with one attached hydrogen (secondary N) is 1. The molecule has 1 saturated heterocycles. The van der Waals surface area contributed by atoms with Gasteiger partial charge in [-0.1, -0.05) is 30.3 Å². The zero-order valence-corrected chi connectivity index (χ0v) is 14.2. The third kappa shape index (κ3) is 2.80. The summed E-state index contributed by atoms with van der Waals surface area (Å²) in [5.74, 6) is 0.231. The van der Waals surface area contributed by atoms with Gasteiger partial charge in [-0.25, -0.2) is 0 Å². The number of hydrogen-bond donors (Lipinski definition) is 1. The van der Waals surface area contributed by atoms with Crippen molar-refractivity contribution in [1.82, 2.24) is 4.90 Å². The maximum Gasteiger partial charge on any atom is 0.285 e. The van der Waals surface area contributed by atoms with Gasteiger partial charge in [0.1, 0.15) is 10.9 Å². The molecular weight excluding hydrogens is 338 g/mol. The Morgan fingerprint density at radius 2 is 1.80 bits per heavy atom. The number of carbonyl (C=O) groups excluding carboxylic acids is 1. The van der Waals surface area contributed by atoms with Gasteiger partial charge in [0, 0.05) is 17.8 Å². The minimum Gasteiger partial charge on any atom is -0.343 e. The molecule has 0 aliphatic carbocycles. The molecule has 1 amide bonds. The number of anilines is 1. The number of nitrogens with zero attached hydrogens (tertiary/aromatic N) is 2. The molecule has 1 fully saturated rings. The van der Waals surface area contributed by atoms with Gasteiger partial charge < -0.3 is 10.2 Å². The summed E-state index contributed by atoms with van der Waals surface area (Å²) >= 11 is 0. The number of rotatable bonds is 2. The lowest BCUT2D eigenvalue weighted by Gasteiger charge is -2.25. The fraction of sp³-hybridized carbons (Fsp3) is 0.222. The molecule has 0 saturated carbocycles. The number of benzene rings is 2. The van der Waals surface area contributed by atoms with Gasteiger partial charge in [-0.15, -0.1) is 4.40 Å². The minimum atomic E-state index is -3.69. The zero-order chi connectivity index (χ0) is 17.4. The van der Waals surface area contributed by atoms with Crippen LogP contribution in [0.5, 0.6) is 0 Å². The van der Waals surface area contributed by atoms with E-state index in [1.54, 1.807) is 24.3 Å². The third-order valence-electron chi connectivity index (χ3n) is 4.48. The Morgan fingerprint density at radius 1 is 1.08 bits per heavy atom. The Hall–Kier alpha value is -2.67. The molecule has 1 atom stereocenters. The fourth-order valence-electron chi connectivity index (χ4n) is 3.34. The lowest BCUT2D eigenvalue weighted by Crippen LogP contribution is -2.43. The molecule has 0 bridgehead atoms. The zero-order valence-electron chi connectivity index (χ0n) is 13.4. The van der Waals surface area contributed by atoms with Crippen LogP contribution < -0.4 is 5.32 Å². The number of fused-ring (bicyclic) bond motifs is 1. The average molecular weight is 355 g/mol. The van der Waals surface area contributed by atoms with Gasteiger partial charge in [0.2, 0.25) is 5.91 Å². The second-order valence-electron chi connectivity index (χ2n) is 6.09. The highest BCUT2D eigenvalue weighted by atomic mass is 32.2. The average Bonchev–Trinajstić information content (AvgIpc) is 3.19. The molecule has 0 radical (unpaired) electrons. The smallest absolute Gasteiger partial charge is 0.285 e. The van der Waals surface area contributed by atoms with Crippen molar-refractivity contribution < 1.29 is 13.2 Å².